The standard InChI is InChI=1S/C29H23NO2/c1-29(2,3)24-15-22(14-19-6-4-5-7-23(19)24)27-28-21(10-12-30-27)17-26(32-28)20-9-8-18-11-13-31-25(18)16-20/h4-17H,1-3H3. The Bertz CT molecular complexity index is 1610. The Labute approximate surface area is 186 Å². The van der Waals surface area contributed by atoms with Crippen LogP contribution in [0.5, 0.6) is 0 Å². The van der Waals surface area contributed by atoms with Gasteiger partial charge in [0.25, 0.3) is 0 Å². The molecule has 156 valence electrons. The van der Waals surface area contributed by atoms with Crippen LogP contribution in [-0.2, 0) is 5.41 Å². The average molecular weight is 418 g/mol. The largest absolute Gasteiger partial charge is 0.464 e. The van der Waals surface area contributed by atoms with Gasteiger partial charge in [-0.1, -0.05) is 57.2 Å². The Morgan fingerprint density at radius 2 is 1.62 bits per heavy atom. The third-order valence-electron chi connectivity index (χ3n) is 6.12. The zero-order valence-corrected chi connectivity index (χ0v) is 18.3. The van der Waals surface area contributed by atoms with Crippen molar-refractivity contribution in [3.63, 3.8) is 0 Å². The summed E-state index contributed by atoms with van der Waals surface area (Å²) in [5, 5.41) is 4.61. The summed E-state index contributed by atoms with van der Waals surface area (Å²) in [4.78, 5) is 4.74. The minimum Gasteiger partial charge on any atom is -0.464 e. The molecule has 3 nitrogen and oxygen atoms in total. The number of pyridine rings is 1. The number of rotatable bonds is 2. The number of hydrogen-bond donors (Lipinski definition) is 0. The lowest BCUT2D eigenvalue weighted by atomic mass is 9.82. The highest BCUT2D eigenvalue weighted by Gasteiger charge is 2.20. The first kappa shape index (κ1) is 18.9. The van der Waals surface area contributed by atoms with E-state index in [4.69, 9.17) is 13.8 Å². The second-order valence-corrected chi connectivity index (χ2v) is 9.36. The van der Waals surface area contributed by atoms with Crippen LogP contribution in [0, 0.1) is 0 Å². The van der Waals surface area contributed by atoms with Crippen molar-refractivity contribution in [3.8, 4) is 22.6 Å². The summed E-state index contributed by atoms with van der Waals surface area (Å²) in [6.45, 7) is 6.76. The molecule has 0 amide bonds. The summed E-state index contributed by atoms with van der Waals surface area (Å²) >= 11 is 0. The van der Waals surface area contributed by atoms with Gasteiger partial charge in [-0.25, -0.2) is 0 Å². The van der Waals surface area contributed by atoms with Crippen LogP contribution in [0.25, 0.3) is 55.3 Å². The van der Waals surface area contributed by atoms with Crippen LogP contribution in [-0.4, -0.2) is 4.98 Å². The molecule has 32 heavy (non-hydrogen) atoms. The Hall–Kier alpha value is -3.85. The van der Waals surface area contributed by atoms with Crippen LogP contribution >= 0.6 is 0 Å². The van der Waals surface area contributed by atoms with Crippen LogP contribution in [0.2, 0.25) is 0 Å². The number of fused-ring (bicyclic) bond motifs is 3. The minimum absolute atomic E-state index is 0.0102. The molecular formula is C29H23NO2. The van der Waals surface area contributed by atoms with Gasteiger partial charge in [0.15, 0.2) is 5.58 Å². The van der Waals surface area contributed by atoms with E-state index in [2.05, 4.69) is 75.4 Å². The monoisotopic (exact) mass is 417 g/mol. The van der Waals surface area contributed by atoms with Crippen LogP contribution in [0.15, 0.2) is 94.1 Å². The van der Waals surface area contributed by atoms with E-state index in [-0.39, 0.29) is 5.41 Å². The molecule has 6 rings (SSSR count). The fourth-order valence-corrected chi connectivity index (χ4v) is 4.49. The van der Waals surface area contributed by atoms with E-state index in [1.165, 1.54) is 16.3 Å². The highest BCUT2D eigenvalue weighted by Crippen LogP contribution is 2.38. The minimum atomic E-state index is 0.0102. The average Bonchev–Trinajstić information content (AvgIpc) is 3.43. The zero-order valence-electron chi connectivity index (χ0n) is 18.3. The van der Waals surface area contributed by atoms with Gasteiger partial charge in [-0.3, -0.25) is 4.98 Å². The molecule has 0 fully saturated rings. The number of aromatic nitrogens is 1. The van der Waals surface area contributed by atoms with E-state index in [9.17, 15) is 0 Å². The summed E-state index contributed by atoms with van der Waals surface area (Å²) in [6.07, 6.45) is 3.57. The lowest BCUT2D eigenvalue weighted by Crippen LogP contribution is -2.12. The molecule has 0 unspecified atom stereocenters. The van der Waals surface area contributed by atoms with Crippen molar-refractivity contribution in [2.45, 2.75) is 26.2 Å². The SMILES string of the molecule is CC(C)(C)c1cc(-c2nccc3cc(-c4ccc5ccoc5c4)oc23)cc2ccccc12. The van der Waals surface area contributed by atoms with E-state index in [0.29, 0.717) is 0 Å². The molecule has 0 aliphatic rings. The van der Waals surface area contributed by atoms with Gasteiger partial charge in [0.1, 0.15) is 17.0 Å². The fraction of sp³-hybridized carbons (Fsp3) is 0.138. The molecule has 6 aromatic rings. The second-order valence-electron chi connectivity index (χ2n) is 9.36. The fourth-order valence-electron chi connectivity index (χ4n) is 4.49. The van der Waals surface area contributed by atoms with Gasteiger partial charge in [0.05, 0.1) is 6.26 Å². The van der Waals surface area contributed by atoms with Crippen LogP contribution in [0.1, 0.15) is 26.3 Å². The molecule has 0 saturated carbocycles. The topological polar surface area (TPSA) is 39.2 Å². The van der Waals surface area contributed by atoms with E-state index < -0.39 is 0 Å². The van der Waals surface area contributed by atoms with Crippen molar-refractivity contribution in [1.29, 1.82) is 0 Å². The third kappa shape index (κ3) is 3.01. The van der Waals surface area contributed by atoms with E-state index in [1.54, 1.807) is 6.26 Å². The Balaban J connectivity index is 1.56. The number of furan rings is 2. The maximum absolute atomic E-state index is 6.40. The molecule has 0 aliphatic heterocycles. The number of benzene rings is 3. The van der Waals surface area contributed by atoms with Gasteiger partial charge in [0.2, 0.25) is 0 Å². The molecule has 3 heterocycles. The molecule has 0 atom stereocenters. The quantitative estimate of drug-likeness (QED) is 0.284. The van der Waals surface area contributed by atoms with Gasteiger partial charge in [0, 0.05) is 28.1 Å². The molecule has 0 spiro atoms. The van der Waals surface area contributed by atoms with Crippen molar-refractivity contribution < 1.29 is 8.83 Å². The molecule has 0 aliphatic carbocycles. The van der Waals surface area contributed by atoms with Gasteiger partial charge in [-0.2, -0.15) is 0 Å². The highest BCUT2D eigenvalue weighted by molar-refractivity contribution is 5.97. The lowest BCUT2D eigenvalue weighted by Gasteiger charge is -2.22. The molecule has 3 aromatic heterocycles. The summed E-state index contributed by atoms with van der Waals surface area (Å²) in [5.74, 6) is 0.810. The van der Waals surface area contributed by atoms with Crippen molar-refractivity contribution in [3.05, 3.63) is 90.8 Å². The molecule has 0 saturated heterocycles. The van der Waals surface area contributed by atoms with Crippen LogP contribution in [0.3, 0.4) is 0 Å². The van der Waals surface area contributed by atoms with Crippen molar-refractivity contribution >= 4 is 32.7 Å². The zero-order chi connectivity index (χ0) is 21.9. The molecule has 0 bridgehead atoms. The second kappa shape index (κ2) is 6.83. The maximum Gasteiger partial charge on any atom is 0.161 e. The first-order chi connectivity index (χ1) is 15.5. The summed E-state index contributed by atoms with van der Waals surface area (Å²) in [7, 11) is 0. The van der Waals surface area contributed by atoms with Gasteiger partial charge in [-0.15, -0.1) is 0 Å². The smallest absolute Gasteiger partial charge is 0.161 e. The van der Waals surface area contributed by atoms with E-state index in [0.717, 1.165) is 44.5 Å². The lowest BCUT2D eigenvalue weighted by molar-refractivity contribution is 0.596. The molecular weight excluding hydrogens is 394 g/mol. The van der Waals surface area contributed by atoms with Gasteiger partial charge >= 0.3 is 0 Å². The molecule has 3 heteroatoms. The van der Waals surface area contributed by atoms with Gasteiger partial charge < -0.3 is 8.83 Å². The van der Waals surface area contributed by atoms with E-state index >= 15 is 0 Å². The molecule has 0 N–H and O–H groups in total. The predicted octanol–water partition coefficient (Wildman–Crippen LogP) is 8.36. The molecule has 0 radical (unpaired) electrons. The predicted molar refractivity (Wildman–Crippen MR) is 131 cm³/mol. The van der Waals surface area contributed by atoms with Crippen molar-refractivity contribution in [2.24, 2.45) is 0 Å². The Morgan fingerprint density at radius 3 is 2.50 bits per heavy atom. The van der Waals surface area contributed by atoms with Crippen molar-refractivity contribution in [1.82, 2.24) is 4.98 Å². The Kier molecular flexibility index (Phi) is 4.03. The number of nitrogens with zero attached hydrogens (tertiary/aromatic N) is 1. The highest BCUT2D eigenvalue weighted by atomic mass is 16.3. The van der Waals surface area contributed by atoms with Crippen LogP contribution in [0.4, 0.5) is 0 Å². The third-order valence-corrected chi connectivity index (χ3v) is 6.12. The summed E-state index contributed by atoms with van der Waals surface area (Å²) in [5.41, 5.74) is 5.90. The van der Waals surface area contributed by atoms with Crippen molar-refractivity contribution in [2.75, 3.05) is 0 Å². The Morgan fingerprint density at radius 1 is 0.750 bits per heavy atom. The summed E-state index contributed by atoms with van der Waals surface area (Å²) < 4.78 is 12.0. The first-order valence-electron chi connectivity index (χ1n) is 10.9. The van der Waals surface area contributed by atoms with Crippen LogP contribution < -0.4 is 0 Å². The van der Waals surface area contributed by atoms with E-state index in [1.807, 2.05) is 24.4 Å². The summed E-state index contributed by atoms with van der Waals surface area (Å²) in [6, 6.07) is 25.2. The van der Waals surface area contributed by atoms with Gasteiger partial charge in [-0.05, 0) is 58.1 Å². The molecule has 3 aromatic carbocycles. The normalized spacial score (nSPS) is 12.2. The first-order valence-corrected chi connectivity index (χ1v) is 10.9. The maximum atomic E-state index is 6.40. The number of hydrogen-bond acceptors (Lipinski definition) is 3.